The second-order valence-electron chi connectivity index (χ2n) is 5.63. The van der Waals surface area contributed by atoms with E-state index < -0.39 is 0 Å². The van der Waals surface area contributed by atoms with Crippen LogP contribution in [0.2, 0.25) is 0 Å². The van der Waals surface area contributed by atoms with Gasteiger partial charge in [0.05, 0.1) is 6.07 Å². The zero-order chi connectivity index (χ0) is 13.8. The molecule has 1 aliphatic rings. The van der Waals surface area contributed by atoms with E-state index in [4.69, 9.17) is 5.26 Å². The molecular weight excluding hydrogens is 239 g/mol. The minimum Gasteiger partial charge on any atom is -0.299 e. The molecular formula is C16H21FN2. The summed E-state index contributed by atoms with van der Waals surface area (Å²) in [5.74, 6) is 0.110. The van der Waals surface area contributed by atoms with Crippen molar-refractivity contribution in [3.8, 4) is 6.07 Å². The summed E-state index contributed by atoms with van der Waals surface area (Å²) in [6, 6.07) is 8.25. The predicted octanol–water partition coefficient (Wildman–Crippen LogP) is 3.65. The number of halogens is 1. The minimum atomic E-state index is -0.138. The Balaban J connectivity index is 1.92. The number of hydrogen-bond acceptors (Lipinski definition) is 2. The van der Waals surface area contributed by atoms with Gasteiger partial charge >= 0.3 is 0 Å². The van der Waals surface area contributed by atoms with Crippen molar-refractivity contribution in [1.29, 1.82) is 5.26 Å². The van der Waals surface area contributed by atoms with E-state index in [-0.39, 0.29) is 11.7 Å². The lowest BCUT2D eigenvalue weighted by Gasteiger charge is -2.32. The van der Waals surface area contributed by atoms with Gasteiger partial charge in [0.2, 0.25) is 0 Å². The molecule has 102 valence electrons. The first-order valence-corrected chi connectivity index (χ1v) is 6.95. The standard InChI is InChI=1S/C16H21FN2/c1-12-9-14(5-8-16(12)17)11-19(2)15-6-3-13(10-18)4-7-15/h5,8-9,13,15H,3-4,6-7,11H2,1-2H3. The molecule has 3 heteroatoms. The van der Waals surface area contributed by atoms with Crippen LogP contribution in [0.5, 0.6) is 0 Å². The Morgan fingerprint density at radius 3 is 2.58 bits per heavy atom. The largest absolute Gasteiger partial charge is 0.299 e. The summed E-state index contributed by atoms with van der Waals surface area (Å²) in [4.78, 5) is 2.33. The van der Waals surface area contributed by atoms with Gasteiger partial charge in [0.25, 0.3) is 0 Å². The Morgan fingerprint density at radius 1 is 1.32 bits per heavy atom. The monoisotopic (exact) mass is 260 g/mol. The van der Waals surface area contributed by atoms with Crippen molar-refractivity contribution >= 4 is 0 Å². The molecule has 1 aromatic rings. The van der Waals surface area contributed by atoms with Crippen molar-refractivity contribution in [3.63, 3.8) is 0 Å². The number of benzene rings is 1. The summed E-state index contributed by atoms with van der Waals surface area (Å²) >= 11 is 0. The van der Waals surface area contributed by atoms with Crippen LogP contribution in [-0.2, 0) is 6.54 Å². The smallest absolute Gasteiger partial charge is 0.126 e. The summed E-state index contributed by atoms with van der Waals surface area (Å²) in [7, 11) is 2.12. The molecule has 0 heterocycles. The molecule has 0 N–H and O–H groups in total. The van der Waals surface area contributed by atoms with Crippen molar-refractivity contribution in [2.75, 3.05) is 7.05 Å². The van der Waals surface area contributed by atoms with Crippen molar-refractivity contribution in [1.82, 2.24) is 4.90 Å². The molecule has 1 saturated carbocycles. The lowest BCUT2D eigenvalue weighted by Crippen LogP contribution is -2.34. The summed E-state index contributed by atoms with van der Waals surface area (Å²) < 4.78 is 13.2. The van der Waals surface area contributed by atoms with Crippen LogP contribution < -0.4 is 0 Å². The lowest BCUT2D eigenvalue weighted by atomic mass is 9.86. The fourth-order valence-corrected chi connectivity index (χ4v) is 2.87. The summed E-state index contributed by atoms with van der Waals surface area (Å²) in [6.45, 7) is 2.65. The van der Waals surface area contributed by atoms with Crippen LogP contribution in [0.3, 0.4) is 0 Å². The summed E-state index contributed by atoms with van der Waals surface area (Å²) in [6.07, 6.45) is 4.20. The normalized spacial score (nSPS) is 23.3. The maximum absolute atomic E-state index is 13.2. The molecule has 0 unspecified atom stereocenters. The minimum absolute atomic E-state index is 0.138. The molecule has 0 bridgehead atoms. The lowest BCUT2D eigenvalue weighted by molar-refractivity contribution is 0.171. The maximum Gasteiger partial charge on any atom is 0.126 e. The molecule has 19 heavy (non-hydrogen) atoms. The average molecular weight is 260 g/mol. The predicted molar refractivity (Wildman–Crippen MR) is 74.0 cm³/mol. The second kappa shape index (κ2) is 6.16. The van der Waals surface area contributed by atoms with Gasteiger partial charge in [0, 0.05) is 18.5 Å². The Morgan fingerprint density at radius 2 is 2.00 bits per heavy atom. The van der Waals surface area contributed by atoms with E-state index in [1.54, 1.807) is 13.0 Å². The van der Waals surface area contributed by atoms with Gasteiger partial charge in [-0.05, 0) is 56.8 Å². The van der Waals surface area contributed by atoms with E-state index in [1.807, 2.05) is 12.1 Å². The molecule has 0 radical (unpaired) electrons. The molecule has 1 aliphatic carbocycles. The van der Waals surface area contributed by atoms with Gasteiger partial charge in [-0.3, -0.25) is 4.90 Å². The molecule has 2 rings (SSSR count). The third-order valence-electron chi connectivity index (χ3n) is 4.16. The van der Waals surface area contributed by atoms with Crippen LogP contribution in [0.15, 0.2) is 18.2 Å². The molecule has 1 fully saturated rings. The van der Waals surface area contributed by atoms with E-state index in [2.05, 4.69) is 18.0 Å². The zero-order valence-electron chi connectivity index (χ0n) is 11.7. The van der Waals surface area contributed by atoms with Gasteiger partial charge in [-0.1, -0.05) is 12.1 Å². The van der Waals surface area contributed by atoms with Gasteiger partial charge in [0.1, 0.15) is 5.82 Å². The van der Waals surface area contributed by atoms with Crippen molar-refractivity contribution in [2.24, 2.45) is 5.92 Å². The van der Waals surface area contributed by atoms with Gasteiger partial charge in [-0.15, -0.1) is 0 Å². The van der Waals surface area contributed by atoms with Crippen LogP contribution in [0.25, 0.3) is 0 Å². The summed E-state index contributed by atoms with van der Waals surface area (Å²) in [5, 5.41) is 8.91. The molecule has 0 amide bonds. The Bertz CT molecular complexity index is 470. The highest BCUT2D eigenvalue weighted by Crippen LogP contribution is 2.27. The van der Waals surface area contributed by atoms with Crippen LogP contribution in [0, 0.1) is 30.0 Å². The van der Waals surface area contributed by atoms with Crippen LogP contribution in [-0.4, -0.2) is 18.0 Å². The third kappa shape index (κ3) is 3.54. The van der Waals surface area contributed by atoms with E-state index in [0.717, 1.165) is 37.8 Å². The molecule has 0 aliphatic heterocycles. The second-order valence-corrected chi connectivity index (χ2v) is 5.63. The van der Waals surface area contributed by atoms with Crippen molar-refractivity contribution < 1.29 is 4.39 Å². The van der Waals surface area contributed by atoms with Gasteiger partial charge in [-0.2, -0.15) is 5.26 Å². The maximum atomic E-state index is 13.2. The summed E-state index contributed by atoms with van der Waals surface area (Å²) in [5.41, 5.74) is 1.86. The zero-order valence-corrected chi connectivity index (χ0v) is 11.7. The van der Waals surface area contributed by atoms with E-state index in [0.29, 0.717) is 11.6 Å². The van der Waals surface area contributed by atoms with E-state index in [9.17, 15) is 4.39 Å². The molecule has 0 saturated heterocycles. The molecule has 0 aromatic heterocycles. The van der Waals surface area contributed by atoms with Crippen LogP contribution in [0.1, 0.15) is 36.8 Å². The van der Waals surface area contributed by atoms with Gasteiger partial charge in [-0.25, -0.2) is 4.39 Å². The SMILES string of the molecule is Cc1cc(CN(C)C2CCC(C#N)CC2)ccc1F. The highest BCUT2D eigenvalue weighted by Gasteiger charge is 2.23. The fourth-order valence-electron chi connectivity index (χ4n) is 2.87. The van der Waals surface area contributed by atoms with E-state index >= 15 is 0 Å². The van der Waals surface area contributed by atoms with Gasteiger partial charge in [0.15, 0.2) is 0 Å². The van der Waals surface area contributed by atoms with Crippen LogP contribution in [0.4, 0.5) is 4.39 Å². The Labute approximate surface area is 114 Å². The first-order valence-electron chi connectivity index (χ1n) is 6.95. The first-order chi connectivity index (χ1) is 9.10. The first kappa shape index (κ1) is 14.0. The van der Waals surface area contributed by atoms with Crippen LogP contribution >= 0.6 is 0 Å². The number of nitriles is 1. The highest BCUT2D eigenvalue weighted by atomic mass is 19.1. The van der Waals surface area contributed by atoms with E-state index in [1.165, 1.54) is 0 Å². The molecule has 1 aromatic carbocycles. The number of aryl methyl sites for hydroxylation is 1. The quantitative estimate of drug-likeness (QED) is 0.829. The Hall–Kier alpha value is -1.40. The number of nitrogens with zero attached hydrogens (tertiary/aromatic N) is 2. The molecule has 0 atom stereocenters. The average Bonchev–Trinajstić information content (AvgIpc) is 2.43. The highest BCUT2D eigenvalue weighted by molar-refractivity contribution is 5.23. The fraction of sp³-hybridized carbons (Fsp3) is 0.562. The Kier molecular flexibility index (Phi) is 4.55. The number of hydrogen-bond donors (Lipinski definition) is 0. The van der Waals surface area contributed by atoms with Crippen molar-refractivity contribution in [3.05, 3.63) is 35.1 Å². The van der Waals surface area contributed by atoms with Gasteiger partial charge < -0.3 is 0 Å². The molecule has 2 nitrogen and oxygen atoms in total. The molecule has 0 spiro atoms. The number of rotatable bonds is 3. The third-order valence-corrected chi connectivity index (χ3v) is 4.16. The van der Waals surface area contributed by atoms with Crippen molar-refractivity contribution in [2.45, 2.75) is 45.2 Å². The topological polar surface area (TPSA) is 27.0 Å².